The van der Waals surface area contributed by atoms with Crippen molar-refractivity contribution in [2.75, 3.05) is 39.3 Å². The molecule has 9 heteroatoms. The summed E-state index contributed by atoms with van der Waals surface area (Å²) >= 11 is 0. The molecule has 0 spiro atoms. The number of nitrogens with zero attached hydrogens (tertiary/aromatic N) is 2. The molecule has 0 aromatic heterocycles. The van der Waals surface area contributed by atoms with Crippen LogP contribution in [0.15, 0.2) is 48.1 Å². The van der Waals surface area contributed by atoms with Crippen LogP contribution in [-0.2, 0) is 9.47 Å². The summed E-state index contributed by atoms with van der Waals surface area (Å²) < 4.78 is 18.1. The molecular formula is C30H47N5O4. The normalized spacial score (nSPS) is 22.6. The average Bonchev–Trinajstić information content (AvgIpc) is 2.93. The second-order valence-electron chi connectivity index (χ2n) is 11.9. The molecule has 3 aliphatic heterocycles. The third-order valence-electron chi connectivity index (χ3n) is 7.57. The van der Waals surface area contributed by atoms with Gasteiger partial charge in [-0.25, -0.2) is 4.79 Å². The molecule has 3 saturated heterocycles. The van der Waals surface area contributed by atoms with Crippen LogP contribution in [0.3, 0.4) is 0 Å². The highest BCUT2D eigenvalue weighted by Gasteiger charge is 2.29. The summed E-state index contributed by atoms with van der Waals surface area (Å²) in [6.07, 6.45) is 9.71. The Bertz CT molecular complexity index is 1010. The van der Waals surface area contributed by atoms with E-state index in [4.69, 9.17) is 25.7 Å². The van der Waals surface area contributed by atoms with Gasteiger partial charge in [0.15, 0.2) is 0 Å². The van der Waals surface area contributed by atoms with Gasteiger partial charge in [0.2, 0.25) is 0 Å². The van der Waals surface area contributed by atoms with Crippen molar-refractivity contribution in [3.05, 3.63) is 53.7 Å². The van der Waals surface area contributed by atoms with Crippen LogP contribution in [0.5, 0.6) is 5.75 Å². The number of rotatable bonds is 7. The second-order valence-corrected chi connectivity index (χ2v) is 11.9. The van der Waals surface area contributed by atoms with Gasteiger partial charge in [-0.2, -0.15) is 0 Å². The Kier molecular flexibility index (Phi) is 10.0. The van der Waals surface area contributed by atoms with Crippen LogP contribution in [-0.4, -0.2) is 73.0 Å². The molecule has 39 heavy (non-hydrogen) atoms. The van der Waals surface area contributed by atoms with Crippen molar-refractivity contribution in [3.8, 4) is 5.75 Å². The molecule has 0 bridgehead atoms. The zero-order valence-corrected chi connectivity index (χ0v) is 23.9. The number of carbonyl (C=O) groups excluding carboxylic acids is 1. The van der Waals surface area contributed by atoms with Gasteiger partial charge in [-0.3, -0.25) is 0 Å². The van der Waals surface area contributed by atoms with Crippen LogP contribution in [0.25, 0.3) is 0 Å². The van der Waals surface area contributed by atoms with E-state index in [9.17, 15) is 4.79 Å². The van der Waals surface area contributed by atoms with Crippen LogP contribution >= 0.6 is 0 Å². The van der Waals surface area contributed by atoms with E-state index in [1.807, 2.05) is 43.9 Å². The van der Waals surface area contributed by atoms with Crippen LogP contribution < -0.4 is 21.5 Å². The summed E-state index contributed by atoms with van der Waals surface area (Å²) in [4.78, 5) is 16.6. The van der Waals surface area contributed by atoms with Crippen molar-refractivity contribution in [3.63, 3.8) is 0 Å². The fourth-order valence-corrected chi connectivity index (χ4v) is 5.51. The highest BCUT2D eigenvalue weighted by molar-refractivity contribution is 5.68. The van der Waals surface area contributed by atoms with E-state index < -0.39 is 5.60 Å². The minimum Gasteiger partial charge on any atom is -0.456 e. The highest BCUT2D eigenvalue weighted by atomic mass is 16.6. The van der Waals surface area contributed by atoms with Crippen molar-refractivity contribution in [2.45, 2.75) is 83.0 Å². The Morgan fingerprint density at radius 2 is 1.74 bits per heavy atom. The van der Waals surface area contributed by atoms with E-state index in [1.54, 1.807) is 6.08 Å². The summed E-state index contributed by atoms with van der Waals surface area (Å²) in [6.45, 7) is 10.8. The molecule has 4 rings (SSSR count). The molecule has 1 unspecified atom stereocenters. The number of ether oxygens (including phenoxy) is 3. The SMILES string of the molecule is CC(C)(C)OC(=O)N1CCCC(c2cccc(OC(=C/N)/C=C(\N)N3CCC(OC4CCNCC4)CC3)c2)C1. The molecule has 0 radical (unpaired) electrons. The van der Waals surface area contributed by atoms with Gasteiger partial charge >= 0.3 is 6.09 Å². The van der Waals surface area contributed by atoms with Gasteiger partial charge in [0.05, 0.1) is 12.2 Å². The lowest BCUT2D eigenvalue weighted by Crippen LogP contribution is -2.42. The first-order chi connectivity index (χ1) is 18.7. The van der Waals surface area contributed by atoms with Gasteiger partial charge in [0, 0.05) is 44.4 Å². The monoisotopic (exact) mass is 541 g/mol. The lowest BCUT2D eigenvalue weighted by molar-refractivity contribution is -0.0498. The summed E-state index contributed by atoms with van der Waals surface area (Å²) in [5.74, 6) is 2.05. The largest absolute Gasteiger partial charge is 0.456 e. The van der Waals surface area contributed by atoms with Gasteiger partial charge in [0.25, 0.3) is 0 Å². The van der Waals surface area contributed by atoms with Crippen LogP contribution in [0.2, 0.25) is 0 Å². The molecular weight excluding hydrogens is 494 g/mol. The van der Waals surface area contributed by atoms with Crippen molar-refractivity contribution in [1.29, 1.82) is 0 Å². The van der Waals surface area contributed by atoms with Crippen molar-refractivity contribution in [2.24, 2.45) is 11.5 Å². The molecule has 1 amide bonds. The van der Waals surface area contributed by atoms with E-state index in [-0.39, 0.29) is 12.0 Å². The second kappa shape index (κ2) is 13.4. The van der Waals surface area contributed by atoms with Crippen LogP contribution in [0.4, 0.5) is 4.79 Å². The smallest absolute Gasteiger partial charge is 0.410 e. The molecule has 216 valence electrons. The lowest BCUT2D eigenvalue weighted by atomic mass is 9.90. The average molecular weight is 542 g/mol. The first-order valence-electron chi connectivity index (χ1n) is 14.5. The molecule has 0 saturated carbocycles. The maximum Gasteiger partial charge on any atom is 0.410 e. The number of piperidine rings is 3. The number of carbonyl (C=O) groups is 1. The van der Waals surface area contributed by atoms with Crippen LogP contribution in [0.1, 0.15) is 70.8 Å². The van der Waals surface area contributed by atoms with Crippen molar-refractivity contribution >= 4 is 6.09 Å². The first-order valence-corrected chi connectivity index (χ1v) is 14.5. The minimum absolute atomic E-state index is 0.217. The molecule has 5 N–H and O–H groups in total. The number of nitrogens with two attached hydrogens (primary N) is 2. The Hall–Kier alpha value is -2.91. The Balaban J connectivity index is 1.31. The van der Waals surface area contributed by atoms with Gasteiger partial charge in [-0.15, -0.1) is 0 Å². The zero-order chi connectivity index (χ0) is 27.8. The van der Waals surface area contributed by atoms with E-state index in [0.29, 0.717) is 42.6 Å². The predicted octanol–water partition coefficient (Wildman–Crippen LogP) is 4.01. The molecule has 9 nitrogen and oxygen atoms in total. The van der Waals surface area contributed by atoms with Gasteiger partial charge < -0.3 is 40.8 Å². The topological polar surface area (TPSA) is 115 Å². The summed E-state index contributed by atoms with van der Waals surface area (Å²) in [6, 6.07) is 8.00. The first kappa shape index (κ1) is 29.1. The number of nitrogens with one attached hydrogen (secondary N) is 1. The van der Waals surface area contributed by atoms with Crippen LogP contribution in [0, 0.1) is 0 Å². The van der Waals surface area contributed by atoms with Gasteiger partial charge in [-0.1, -0.05) is 12.1 Å². The Morgan fingerprint density at radius 1 is 1.03 bits per heavy atom. The van der Waals surface area contributed by atoms with Gasteiger partial charge in [-0.05, 0) is 90.1 Å². The van der Waals surface area contributed by atoms with E-state index >= 15 is 0 Å². The summed E-state index contributed by atoms with van der Waals surface area (Å²) in [5.41, 5.74) is 13.0. The van der Waals surface area contributed by atoms with Crippen molar-refractivity contribution in [1.82, 2.24) is 15.1 Å². The number of likely N-dealkylation sites (tertiary alicyclic amines) is 2. The molecule has 3 heterocycles. The number of amides is 1. The number of hydrogen-bond acceptors (Lipinski definition) is 8. The number of allylic oxidation sites excluding steroid dienone is 1. The van der Waals surface area contributed by atoms with Crippen molar-refractivity contribution < 1.29 is 19.0 Å². The fourth-order valence-electron chi connectivity index (χ4n) is 5.51. The standard InChI is InChI=1S/C30H47N5O4/c1-30(2,3)39-29(36)35-15-5-7-23(21-35)22-6-4-8-26(18-22)38-27(20-31)19-28(32)34-16-11-25(12-17-34)37-24-9-13-33-14-10-24/h4,6,8,18-20,23-25,33H,5,7,9-17,21,31-32H2,1-3H3/b27-20+,28-19+. The Morgan fingerprint density at radius 3 is 2.44 bits per heavy atom. The number of benzene rings is 1. The minimum atomic E-state index is -0.505. The lowest BCUT2D eigenvalue weighted by Gasteiger charge is -2.36. The summed E-state index contributed by atoms with van der Waals surface area (Å²) in [5, 5.41) is 3.39. The summed E-state index contributed by atoms with van der Waals surface area (Å²) in [7, 11) is 0. The Labute approximate surface area is 233 Å². The fraction of sp³-hybridized carbons (Fsp3) is 0.633. The van der Waals surface area contributed by atoms with E-state index in [2.05, 4.69) is 16.3 Å². The quantitative estimate of drug-likeness (QED) is 0.350. The maximum absolute atomic E-state index is 12.6. The molecule has 1 atom stereocenters. The maximum atomic E-state index is 12.6. The van der Waals surface area contributed by atoms with Gasteiger partial charge in [0.1, 0.15) is 22.9 Å². The molecule has 3 aliphatic rings. The van der Waals surface area contributed by atoms with E-state index in [0.717, 1.165) is 70.3 Å². The molecule has 1 aromatic rings. The molecule has 3 fully saturated rings. The zero-order valence-electron chi connectivity index (χ0n) is 23.9. The van der Waals surface area contributed by atoms with E-state index in [1.165, 1.54) is 6.20 Å². The number of hydrogen-bond donors (Lipinski definition) is 3. The molecule has 0 aliphatic carbocycles. The third-order valence-corrected chi connectivity index (χ3v) is 7.57. The third kappa shape index (κ3) is 8.80. The molecule has 1 aromatic carbocycles. The highest BCUT2D eigenvalue weighted by Crippen LogP contribution is 2.30. The predicted molar refractivity (Wildman–Crippen MR) is 153 cm³/mol.